The van der Waals surface area contributed by atoms with Crippen LogP contribution in [-0.2, 0) is 30.1 Å². The van der Waals surface area contributed by atoms with Gasteiger partial charge in [-0.3, -0.25) is 9.69 Å². The maximum Gasteiger partial charge on any atom is 0.416 e. The molecule has 3 nitrogen and oxygen atoms in total. The van der Waals surface area contributed by atoms with Crippen LogP contribution in [0.4, 0.5) is 26.3 Å². The summed E-state index contributed by atoms with van der Waals surface area (Å²) in [6.45, 7) is 0.897. The molecular weight excluding hydrogens is 434 g/mol. The Morgan fingerprint density at radius 1 is 0.875 bits per heavy atom. The molecular formula is C23H24F6N2O. The normalized spacial score (nSPS) is 17.9. The van der Waals surface area contributed by atoms with Gasteiger partial charge in [-0.05, 0) is 68.2 Å². The number of carbonyl (C=O) groups excluding carboxylic acids is 1. The van der Waals surface area contributed by atoms with Crippen LogP contribution in [0.2, 0.25) is 0 Å². The predicted octanol–water partition coefficient (Wildman–Crippen LogP) is 5.74. The molecule has 1 fully saturated rings. The lowest BCUT2D eigenvalue weighted by Crippen LogP contribution is -2.51. The Bertz CT molecular complexity index is 906. The van der Waals surface area contributed by atoms with Crippen molar-refractivity contribution in [2.75, 3.05) is 13.6 Å². The maximum atomic E-state index is 13.2. The molecule has 2 aromatic carbocycles. The third kappa shape index (κ3) is 6.03. The highest BCUT2D eigenvalue weighted by Crippen LogP contribution is 2.31. The lowest BCUT2D eigenvalue weighted by atomic mass is 10.0. The van der Waals surface area contributed by atoms with E-state index < -0.39 is 23.5 Å². The molecule has 2 aromatic rings. The van der Waals surface area contributed by atoms with Crippen molar-refractivity contribution in [3.8, 4) is 0 Å². The Balaban J connectivity index is 1.80. The molecule has 0 radical (unpaired) electrons. The monoisotopic (exact) mass is 458 g/mol. The molecule has 174 valence electrons. The average Bonchev–Trinajstić information content (AvgIpc) is 2.72. The standard InChI is InChI=1S/C23H24F6N2O/c1-30-13-3-2-4-20(30)31(15-17-7-11-19(12-8-17)23(27,28)29)21(32)14-16-5-9-18(10-6-16)22(24,25)26/h5-12,20H,2-4,13-15H2,1H3. The van der Waals surface area contributed by atoms with Gasteiger partial charge in [0.1, 0.15) is 0 Å². The van der Waals surface area contributed by atoms with Crippen molar-refractivity contribution in [3.63, 3.8) is 0 Å². The van der Waals surface area contributed by atoms with Gasteiger partial charge < -0.3 is 4.90 Å². The second-order valence-corrected chi connectivity index (χ2v) is 8.04. The van der Waals surface area contributed by atoms with Crippen LogP contribution in [0, 0.1) is 0 Å². The number of benzene rings is 2. The fraction of sp³-hybridized carbons (Fsp3) is 0.435. The summed E-state index contributed by atoms with van der Waals surface area (Å²) >= 11 is 0. The fourth-order valence-electron chi connectivity index (χ4n) is 3.89. The van der Waals surface area contributed by atoms with E-state index in [1.165, 1.54) is 24.3 Å². The molecule has 0 saturated carbocycles. The van der Waals surface area contributed by atoms with E-state index in [1.807, 2.05) is 11.9 Å². The van der Waals surface area contributed by atoms with Crippen LogP contribution >= 0.6 is 0 Å². The van der Waals surface area contributed by atoms with Crippen molar-refractivity contribution in [1.29, 1.82) is 0 Å². The smallest absolute Gasteiger partial charge is 0.322 e. The van der Waals surface area contributed by atoms with Gasteiger partial charge in [0.2, 0.25) is 5.91 Å². The fourth-order valence-corrected chi connectivity index (χ4v) is 3.89. The quantitative estimate of drug-likeness (QED) is 0.534. The first-order valence-electron chi connectivity index (χ1n) is 10.3. The second-order valence-electron chi connectivity index (χ2n) is 8.04. The van der Waals surface area contributed by atoms with E-state index in [2.05, 4.69) is 0 Å². The lowest BCUT2D eigenvalue weighted by molar-refractivity contribution is -0.139. The number of hydrogen-bond donors (Lipinski definition) is 0. The molecule has 1 amide bonds. The highest BCUT2D eigenvalue weighted by Gasteiger charge is 2.32. The summed E-state index contributed by atoms with van der Waals surface area (Å²) in [5.74, 6) is -0.289. The zero-order chi connectivity index (χ0) is 23.5. The van der Waals surface area contributed by atoms with Gasteiger partial charge in [-0.2, -0.15) is 26.3 Å². The number of hydrogen-bond acceptors (Lipinski definition) is 2. The van der Waals surface area contributed by atoms with Crippen molar-refractivity contribution in [1.82, 2.24) is 9.80 Å². The molecule has 0 bridgehead atoms. The van der Waals surface area contributed by atoms with Crippen LogP contribution in [0.15, 0.2) is 48.5 Å². The molecule has 1 aliphatic rings. The highest BCUT2D eigenvalue weighted by atomic mass is 19.4. The number of likely N-dealkylation sites (tertiary alicyclic amines) is 1. The number of nitrogens with zero attached hydrogens (tertiary/aromatic N) is 2. The topological polar surface area (TPSA) is 23.6 Å². The molecule has 0 aliphatic carbocycles. The highest BCUT2D eigenvalue weighted by molar-refractivity contribution is 5.79. The molecule has 0 aromatic heterocycles. The van der Waals surface area contributed by atoms with Crippen LogP contribution in [0.25, 0.3) is 0 Å². The first-order valence-corrected chi connectivity index (χ1v) is 10.3. The Kier molecular flexibility index (Phi) is 7.17. The molecule has 0 spiro atoms. The van der Waals surface area contributed by atoms with Crippen molar-refractivity contribution in [3.05, 3.63) is 70.8 Å². The number of rotatable bonds is 5. The van der Waals surface area contributed by atoms with Gasteiger partial charge in [-0.1, -0.05) is 24.3 Å². The Morgan fingerprint density at radius 2 is 1.38 bits per heavy atom. The maximum absolute atomic E-state index is 13.2. The molecule has 1 saturated heterocycles. The van der Waals surface area contributed by atoms with Gasteiger partial charge in [-0.25, -0.2) is 0 Å². The average molecular weight is 458 g/mol. The Labute approximate surface area is 182 Å². The van der Waals surface area contributed by atoms with E-state index in [1.54, 1.807) is 4.90 Å². The molecule has 1 aliphatic heterocycles. The number of halogens is 6. The summed E-state index contributed by atoms with van der Waals surface area (Å²) in [6.07, 6.45) is -6.62. The molecule has 32 heavy (non-hydrogen) atoms. The van der Waals surface area contributed by atoms with E-state index in [0.29, 0.717) is 11.1 Å². The van der Waals surface area contributed by atoms with E-state index in [-0.39, 0.29) is 25.0 Å². The van der Waals surface area contributed by atoms with Gasteiger partial charge in [0.05, 0.1) is 23.7 Å². The Hall–Kier alpha value is -2.55. The third-order valence-electron chi connectivity index (χ3n) is 5.68. The SMILES string of the molecule is CN1CCCCC1N(Cc1ccc(C(F)(F)F)cc1)C(=O)Cc1ccc(C(F)(F)F)cc1. The molecule has 1 heterocycles. The first kappa shape index (κ1) is 24.1. The minimum Gasteiger partial charge on any atom is -0.322 e. The third-order valence-corrected chi connectivity index (χ3v) is 5.68. The van der Waals surface area contributed by atoms with Crippen molar-refractivity contribution < 1.29 is 31.1 Å². The van der Waals surface area contributed by atoms with Crippen molar-refractivity contribution >= 4 is 5.91 Å². The summed E-state index contributed by atoms with van der Waals surface area (Å²) in [5, 5.41) is 0. The van der Waals surface area contributed by atoms with Gasteiger partial charge in [0.15, 0.2) is 0 Å². The summed E-state index contributed by atoms with van der Waals surface area (Å²) < 4.78 is 76.9. The van der Waals surface area contributed by atoms with Crippen molar-refractivity contribution in [2.45, 2.75) is 50.7 Å². The molecule has 0 N–H and O–H groups in total. The summed E-state index contributed by atoms with van der Waals surface area (Å²) in [7, 11) is 1.88. The Morgan fingerprint density at radius 3 is 1.84 bits per heavy atom. The lowest BCUT2D eigenvalue weighted by Gasteiger charge is -2.41. The van der Waals surface area contributed by atoms with Gasteiger partial charge in [-0.15, -0.1) is 0 Å². The van der Waals surface area contributed by atoms with E-state index in [4.69, 9.17) is 0 Å². The van der Waals surface area contributed by atoms with E-state index >= 15 is 0 Å². The molecule has 9 heteroatoms. The summed E-state index contributed by atoms with van der Waals surface area (Å²) in [6, 6.07) is 9.11. The van der Waals surface area contributed by atoms with Crippen LogP contribution in [-0.4, -0.2) is 35.5 Å². The minimum atomic E-state index is -4.46. The summed E-state index contributed by atoms with van der Waals surface area (Å²) in [4.78, 5) is 16.8. The molecule has 1 atom stereocenters. The van der Waals surface area contributed by atoms with Crippen LogP contribution in [0.1, 0.15) is 41.5 Å². The number of amides is 1. The van der Waals surface area contributed by atoms with Crippen LogP contribution in [0.5, 0.6) is 0 Å². The zero-order valence-corrected chi connectivity index (χ0v) is 17.5. The summed E-state index contributed by atoms with van der Waals surface area (Å²) in [5.41, 5.74) is -0.558. The predicted molar refractivity (Wildman–Crippen MR) is 107 cm³/mol. The number of alkyl halides is 6. The van der Waals surface area contributed by atoms with Gasteiger partial charge >= 0.3 is 12.4 Å². The van der Waals surface area contributed by atoms with Crippen LogP contribution in [0.3, 0.4) is 0 Å². The molecule has 1 unspecified atom stereocenters. The van der Waals surface area contributed by atoms with Crippen molar-refractivity contribution in [2.24, 2.45) is 0 Å². The number of piperidine rings is 1. The molecule has 3 rings (SSSR count). The second kappa shape index (κ2) is 9.52. The van der Waals surface area contributed by atoms with Gasteiger partial charge in [0, 0.05) is 6.54 Å². The van der Waals surface area contributed by atoms with Gasteiger partial charge in [0.25, 0.3) is 0 Å². The minimum absolute atomic E-state index is 0.0941. The number of carbonyl (C=O) groups is 1. The van der Waals surface area contributed by atoms with E-state index in [9.17, 15) is 31.1 Å². The van der Waals surface area contributed by atoms with Crippen LogP contribution < -0.4 is 0 Å². The zero-order valence-electron chi connectivity index (χ0n) is 17.5. The van der Waals surface area contributed by atoms with E-state index in [0.717, 1.165) is 50.1 Å². The largest absolute Gasteiger partial charge is 0.416 e. The first-order chi connectivity index (χ1) is 14.9.